The van der Waals surface area contributed by atoms with Gasteiger partial charge in [-0.25, -0.2) is 0 Å². The van der Waals surface area contributed by atoms with Crippen molar-refractivity contribution in [3.05, 3.63) is 0 Å². The monoisotopic (exact) mass is 497 g/mol. The zero-order valence-electron chi connectivity index (χ0n) is 16.8. The first-order valence-corrected chi connectivity index (χ1v) is 10.1. The largest absolute Gasteiger partial charge is 0.466 e. The number of nitrogens with one attached hydrogen (secondary N) is 1. The van der Waals surface area contributed by atoms with E-state index in [-0.39, 0.29) is 35.9 Å². The van der Waals surface area contributed by atoms with E-state index in [0.717, 1.165) is 84.2 Å². The Balaban J connectivity index is 0.00000364. The summed E-state index contributed by atoms with van der Waals surface area (Å²) >= 11 is 0. The molecule has 158 valence electrons. The molecule has 2 rings (SSSR count). The number of guanidine groups is 1. The van der Waals surface area contributed by atoms with Crippen molar-refractivity contribution in [2.45, 2.75) is 39.5 Å². The third-order valence-corrected chi connectivity index (χ3v) is 4.84. The Morgan fingerprint density at radius 2 is 2.04 bits per heavy atom. The number of rotatable bonds is 9. The van der Waals surface area contributed by atoms with Crippen molar-refractivity contribution >= 4 is 35.9 Å². The number of likely N-dealkylation sites (tertiary alicyclic amines) is 1. The van der Waals surface area contributed by atoms with Crippen LogP contribution in [0.5, 0.6) is 0 Å². The quantitative estimate of drug-likeness (QED) is 0.173. The van der Waals surface area contributed by atoms with Crippen molar-refractivity contribution in [3.8, 4) is 0 Å². The first-order valence-electron chi connectivity index (χ1n) is 10.1. The highest BCUT2D eigenvalue weighted by molar-refractivity contribution is 14.0. The van der Waals surface area contributed by atoms with E-state index in [0.29, 0.717) is 12.5 Å². The summed E-state index contributed by atoms with van der Waals surface area (Å²) in [6.45, 7) is 10.9. The van der Waals surface area contributed by atoms with Crippen LogP contribution < -0.4 is 5.32 Å². The van der Waals surface area contributed by atoms with Gasteiger partial charge in [-0.1, -0.05) is 0 Å². The highest BCUT2D eigenvalue weighted by atomic mass is 127. The van der Waals surface area contributed by atoms with E-state index in [9.17, 15) is 4.79 Å². The molecule has 0 aromatic rings. The van der Waals surface area contributed by atoms with Gasteiger partial charge in [-0.2, -0.15) is 0 Å². The highest BCUT2D eigenvalue weighted by Gasteiger charge is 2.27. The summed E-state index contributed by atoms with van der Waals surface area (Å²) in [5.74, 6) is 1.48. The fourth-order valence-corrected chi connectivity index (χ4v) is 3.33. The second-order valence-corrected chi connectivity index (χ2v) is 6.91. The number of piperidine rings is 1. The van der Waals surface area contributed by atoms with Crippen molar-refractivity contribution < 1.29 is 19.0 Å². The standard InChI is InChI=1S/C19H35N3O4.HI/c1-3-20-19(21-9-5-12-24-14-16-8-13-25-15-16)22-10-6-17(7-11-22)18(23)26-4-2;/h16-17H,3-15H2,1-2H3,(H,20,21);1H. The van der Waals surface area contributed by atoms with Crippen LogP contribution in [0.2, 0.25) is 0 Å². The summed E-state index contributed by atoms with van der Waals surface area (Å²) in [6.07, 6.45) is 3.69. The lowest BCUT2D eigenvalue weighted by Crippen LogP contribution is -2.46. The van der Waals surface area contributed by atoms with Crippen molar-refractivity contribution in [2.24, 2.45) is 16.8 Å². The summed E-state index contributed by atoms with van der Waals surface area (Å²) in [5, 5.41) is 3.36. The van der Waals surface area contributed by atoms with E-state index in [1.54, 1.807) is 0 Å². The minimum Gasteiger partial charge on any atom is -0.466 e. The molecule has 1 N–H and O–H groups in total. The maximum atomic E-state index is 11.9. The van der Waals surface area contributed by atoms with Crippen molar-refractivity contribution in [2.75, 3.05) is 59.2 Å². The lowest BCUT2D eigenvalue weighted by atomic mass is 9.97. The molecule has 27 heavy (non-hydrogen) atoms. The maximum absolute atomic E-state index is 11.9. The third-order valence-electron chi connectivity index (χ3n) is 4.84. The Kier molecular flexibility index (Phi) is 13.0. The molecule has 0 saturated carbocycles. The number of ether oxygens (including phenoxy) is 3. The van der Waals surface area contributed by atoms with Crippen LogP contribution in [0.1, 0.15) is 39.5 Å². The number of carbonyl (C=O) groups is 1. The zero-order valence-corrected chi connectivity index (χ0v) is 19.1. The van der Waals surface area contributed by atoms with Crippen LogP contribution in [-0.2, 0) is 19.0 Å². The predicted octanol–water partition coefficient (Wildman–Crippen LogP) is 2.29. The van der Waals surface area contributed by atoms with Gasteiger partial charge < -0.3 is 24.4 Å². The van der Waals surface area contributed by atoms with E-state index >= 15 is 0 Å². The first kappa shape index (κ1) is 24.4. The Bertz CT molecular complexity index is 437. The molecule has 1 unspecified atom stereocenters. The van der Waals surface area contributed by atoms with Gasteiger partial charge in [-0.15, -0.1) is 24.0 Å². The minimum atomic E-state index is -0.0566. The van der Waals surface area contributed by atoms with Gasteiger partial charge in [0.2, 0.25) is 0 Å². The number of hydrogen-bond donors (Lipinski definition) is 1. The lowest BCUT2D eigenvalue weighted by Gasteiger charge is -2.33. The lowest BCUT2D eigenvalue weighted by molar-refractivity contribution is -0.149. The van der Waals surface area contributed by atoms with Crippen LogP contribution in [0.15, 0.2) is 4.99 Å². The Labute approximate surface area is 180 Å². The van der Waals surface area contributed by atoms with Crippen LogP contribution in [0.4, 0.5) is 0 Å². The van der Waals surface area contributed by atoms with Gasteiger partial charge in [0, 0.05) is 45.3 Å². The molecule has 0 aromatic carbocycles. The van der Waals surface area contributed by atoms with Crippen molar-refractivity contribution in [1.29, 1.82) is 0 Å². The van der Waals surface area contributed by atoms with Crippen molar-refractivity contribution in [1.82, 2.24) is 10.2 Å². The molecule has 7 nitrogen and oxygen atoms in total. The summed E-state index contributed by atoms with van der Waals surface area (Å²) in [6, 6.07) is 0. The van der Waals surface area contributed by atoms with Crippen LogP contribution in [-0.4, -0.2) is 76.0 Å². The Hall–Kier alpha value is -0.610. The van der Waals surface area contributed by atoms with Gasteiger partial charge in [0.1, 0.15) is 0 Å². The van der Waals surface area contributed by atoms with Gasteiger partial charge in [0.05, 0.1) is 25.7 Å². The van der Waals surface area contributed by atoms with Crippen LogP contribution in [0, 0.1) is 11.8 Å². The SMILES string of the molecule is CCNC(=NCCCOCC1CCOC1)N1CCC(C(=O)OCC)CC1.I. The Morgan fingerprint density at radius 1 is 1.26 bits per heavy atom. The molecule has 2 heterocycles. The molecular weight excluding hydrogens is 461 g/mol. The second kappa shape index (κ2) is 14.4. The molecule has 2 fully saturated rings. The number of carbonyl (C=O) groups excluding carboxylic acids is 1. The summed E-state index contributed by atoms with van der Waals surface area (Å²) in [5.41, 5.74) is 0. The normalized spacial score (nSPS) is 21.0. The average molecular weight is 497 g/mol. The number of hydrogen-bond acceptors (Lipinski definition) is 5. The van der Waals surface area contributed by atoms with Crippen molar-refractivity contribution in [3.63, 3.8) is 0 Å². The van der Waals surface area contributed by atoms with Crippen LogP contribution >= 0.6 is 24.0 Å². The average Bonchev–Trinajstić information content (AvgIpc) is 3.17. The molecule has 0 radical (unpaired) electrons. The molecular formula is C19H36IN3O4. The van der Waals surface area contributed by atoms with E-state index < -0.39 is 0 Å². The number of halogens is 1. The smallest absolute Gasteiger partial charge is 0.309 e. The number of esters is 1. The summed E-state index contributed by atoms with van der Waals surface area (Å²) in [4.78, 5) is 18.8. The Morgan fingerprint density at radius 3 is 2.67 bits per heavy atom. The van der Waals surface area contributed by atoms with E-state index in [4.69, 9.17) is 19.2 Å². The molecule has 8 heteroatoms. The molecule has 0 spiro atoms. The zero-order chi connectivity index (χ0) is 18.6. The van der Waals surface area contributed by atoms with Crippen LogP contribution in [0.3, 0.4) is 0 Å². The molecule has 2 saturated heterocycles. The van der Waals surface area contributed by atoms with Gasteiger partial charge in [0.25, 0.3) is 0 Å². The second-order valence-electron chi connectivity index (χ2n) is 6.91. The molecule has 0 amide bonds. The van der Waals surface area contributed by atoms with Gasteiger partial charge in [-0.3, -0.25) is 9.79 Å². The maximum Gasteiger partial charge on any atom is 0.309 e. The molecule has 1 atom stereocenters. The summed E-state index contributed by atoms with van der Waals surface area (Å²) < 4.78 is 16.2. The predicted molar refractivity (Wildman–Crippen MR) is 117 cm³/mol. The topological polar surface area (TPSA) is 72.4 Å². The van der Waals surface area contributed by atoms with Gasteiger partial charge >= 0.3 is 5.97 Å². The van der Waals surface area contributed by atoms with Gasteiger partial charge in [0.15, 0.2) is 5.96 Å². The van der Waals surface area contributed by atoms with Gasteiger partial charge in [-0.05, 0) is 39.5 Å². The molecule has 0 aliphatic carbocycles. The number of aliphatic imine (C=N–C) groups is 1. The third kappa shape index (κ3) is 8.95. The van der Waals surface area contributed by atoms with E-state index in [1.165, 1.54) is 0 Å². The number of nitrogens with zero attached hydrogens (tertiary/aromatic N) is 2. The van der Waals surface area contributed by atoms with E-state index in [1.807, 2.05) is 6.92 Å². The fraction of sp³-hybridized carbons (Fsp3) is 0.895. The highest BCUT2D eigenvalue weighted by Crippen LogP contribution is 2.18. The molecule has 2 aliphatic rings. The molecule has 0 bridgehead atoms. The minimum absolute atomic E-state index is 0. The molecule has 2 aliphatic heterocycles. The molecule has 0 aromatic heterocycles. The fourth-order valence-electron chi connectivity index (χ4n) is 3.33. The van der Waals surface area contributed by atoms with E-state index in [2.05, 4.69) is 17.1 Å². The van der Waals surface area contributed by atoms with Crippen LogP contribution in [0.25, 0.3) is 0 Å². The first-order chi connectivity index (χ1) is 12.7. The summed E-state index contributed by atoms with van der Waals surface area (Å²) in [7, 11) is 0.